The Morgan fingerprint density at radius 2 is 0.798 bits per heavy atom. The molecule has 0 aliphatic heterocycles. The van der Waals surface area contributed by atoms with Gasteiger partial charge in [-0.15, -0.1) is 21.5 Å². The summed E-state index contributed by atoms with van der Waals surface area (Å²) < 4.78 is 51.2. The summed E-state index contributed by atoms with van der Waals surface area (Å²) in [5, 5.41) is 28.9. The predicted molar refractivity (Wildman–Crippen MR) is 366 cm³/mol. The molecular weight excluding hydrogens is 1620 g/mol. The van der Waals surface area contributed by atoms with Crippen LogP contribution in [0, 0.1) is 41.0 Å². The minimum atomic E-state index is -3.58. The molecule has 0 amide bonds. The molecule has 4 aromatic heterocycles. The fourth-order valence-electron chi connectivity index (χ4n) is 7.54. The molecule has 0 radical (unpaired) electrons. The molecule has 7 aromatic carbocycles. The third kappa shape index (κ3) is 27.3. The van der Waals surface area contributed by atoms with Crippen LogP contribution in [0.3, 0.4) is 0 Å². The molecule has 0 bridgehead atoms. The molecular formula is C65H64Br2CdF2I2N4O12P-3. The number of alkyl halides is 1. The van der Waals surface area contributed by atoms with Gasteiger partial charge in [0.1, 0.15) is 13.2 Å². The van der Waals surface area contributed by atoms with Crippen LogP contribution in [0.4, 0.5) is 8.78 Å². The van der Waals surface area contributed by atoms with E-state index in [2.05, 4.69) is 107 Å². The van der Waals surface area contributed by atoms with Gasteiger partial charge in [-0.3, -0.25) is 0 Å². The standard InChI is InChI=1S/C17H15NO2.C16H12INO2.C10H9NO2.C9H6INO2.C7H7Br.2C2H5.CF2O2P.CH4O.BrH.Cd.O/c1-12-7-8-14-15(10-18-16(14)9-12)17(19)20-11-13-5-3-2-4-6-13;17-12-6-7-13-14(9-18-15(13)8-12)16(19)20-10-11-4-2-1-3-5-11;1-6-2-3-7-8(10(12)13)5-11-9(7)4-6;10-5-1-2-6-7(9(12)13)4-11-8(6)3-5;8-6-7-4-2-1-3-5-7;2*1-2;2-1(3)6(4)5;1-2;;;/h2-10,18H,11H2,1H3;1-9,18H,10H2;2-5,11H,1H3,(H,12,13);1-4,11H,(H,12,13);1-5H,6H2;2*1H2,2H3;;2H,1H3;1H;;/q;;;;;3*-1;;;;. The fourth-order valence-corrected chi connectivity index (χ4v) is 8.89. The van der Waals surface area contributed by atoms with E-state index in [1.165, 1.54) is 18.0 Å². The van der Waals surface area contributed by atoms with E-state index in [9.17, 15) is 28.0 Å². The first-order chi connectivity index (χ1) is 42.4. The number of aryl methyl sites for hydroxylation is 2. The zero-order chi connectivity index (χ0) is 65.7. The summed E-state index contributed by atoms with van der Waals surface area (Å²) in [5.41, 5.74) is 11.0. The van der Waals surface area contributed by atoms with Gasteiger partial charge in [0.15, 0.2) is 0 Å². The number of rotatable bonds is 10. The average Bonchev–Trinajstić information content (AvgIpc) is 2.16. The van der Waals surface area contributed by atoms with Gasteiger partial charge in [-0.1, -0.05) is 143 Å². The van der Waals surface area contributed by atoms with Gasteiger partial charge in [-0.2, -0.15) is 13.8 Å². The van der Waals surface area contributed by atoms with E-state index >= 15 is 0 Å². The first-order valence-electron chi connectivity index (χ1n) is 26.1. The number of aromatic carboxylic acids is 2. The number of aromatic nitrogens is 4. The first-order valence-corrected chi connectivity index (χ1v) is 32.2. The van der Waals surface area contributed by atoms with Crippen LogP contribution >= 0.6 is 86.1 Å². The molecule has 0 saturated carbocycles. The van der Waals surface area contributed by atoms with Gasteiger partial charge in [0.2, 0.25) is 14.2 Å². The van der Waals surface area contributed by atoms with Gasteiger partial charge in [-0.05, 0) is 123 Å². The van der Waals surface area contributed by atoms with Crippen LogP contribution in [0.5, 0.6) is 0 Å². The van der Waals surface area contributed by atoms with Crippen LogP contribution in [0.15, 0.2) is 189 Å². The molecule has 468 valence electrons. The second kappa shape index (κ2) is 44.9. The number of aliphatic hydroxyl groups is 1. The van der Waals surface area contributed by atoms with Crippen LogP contribution in [-0.2, 0) is 61.0 Å². The van der Waals surface area contributed by atoms with E-state index < -0.39 is 26.1 Å². The molecule has 24 heteroatoms. The topological polar surface area (TPSA) is 268 Å². The van der Waals surface area contributed by atoms with Crippen molar-refractivity contribution in [3.8, 4) is 0 Å². The Balaban J connectivity index is 0.000000539. The number of carboxylic acids is 2. The summed E-state index contributed by atoms with van der Waals surface area (Å²) in [6.07, 6.45) is 3.91. The Hall–Kier alpha value is -6.40. The van der Waals surface area contributed by atoms with Crippen molar-refractivity contribution in [1.82, 2.24) is 19.9 Å². The number of hydrogen-bond acceptors (Lipinski definition) is 10. The van der Waals surface area contributed by atoms with Crippen LogP contribution in [-0.4, -0.2) is 66.2 Å². The number of aliphatic hydroxyl groups excluding tert-OH is 1. The SMILES string of the molecule is Br.BrCc1ccccc1.CO.Cc1ccc2c(C(=O)O)c[nH]c2c1.Cc1ccc2c(C(=O)OCc3ccccc3)c[nH]c2c1.O=C(O)c1c[nH]c2cc(I)ccc12.O=C(OCc1ccccc1)c1c[nH]c2cc(I)ccc12.O=[P+]([O-])[C-](F)F.[CH2-]C.[CH2-]C.[O]=[Cd]. The summed E-state index contributed by atoms with van der Waals surface area (Å²) in [5.74, 6) is -2.40. The maximum atomic E-state index is 12.1. The van der Waals surface area contributed by atoms with E-state index in [-0.39, 0.29) is 67.9 Å². The number of nitrogens with one attached hydrogen (secondary N) is 4. The van der Waals surface area contributed by atoms with E-state index in [1.54, 1.807) is 26.2 Å². The third-order valence-corrected chi connectivity index (χ3v) is 13.7. The van der Waals surface area contributed by atoms with Crippen molar-refractivity contribution in [2.24, 2.45) is 0 Å². The van der Waals surface area contributed by atoms with Crippen molar-refractivity contribution in [2.75, 3.05) is 7.11 Å². The maximum absolute atomic E-state index is 12.1. The zero-order valence-corrected chi connectivity index (χ0v) is 61.4. The molecule has 11 aromatic rings. The number of carbonyl (C=O) groups excluding carboxylic acids is 2. The second-order valence-corrected chi connectivity index (χ2v) is 21.0. The van der Waals surface area contributed by atoms with Gasteiger partial charge in [0, 0.05) is 88.0 Å². The Morgan fingerprint density at radius 1 is 0.528 bits per heavy atom. The van der Waals surface area contributed by atoms with Gasteiger partial charge < -0.3 is 72.3 Å². The molecule has 89 heavy (non-hydrogen) atoms. The van der Waals surface area contributed by atoms with Crippen LogP contribution in [0.2, 0.25) is 0 Å². The van der Waals surface area contributed by atoms with E-state index in [4.69, 9.17) is 36.9 Å². The van der Waals surface area contributed by atoms with Crippen molar-refractivity contribution < 1.29 is 90.7 Å². The molecule has 1 unspecified atom stereocenters. The number of hydrogen-bond donors (Lipinski definition) is 7. The Bertz CT molecular complexity index is 3680. The van der Waals surface area contributed by atoms with E-state index in [1.807, 2.05) is 166 Å². The van der Waals surface area contributed by atoms with Crippen molar-refractivity contribution >= 4 is 154 Å². The average molecular weight is 1690 g/mol. The molecule has 0 aliphatic carbocycles. The second-order valence-electron chi connectivity index (χ2n) is 17.1. The van der Waals surface area contributed by atoms with Crippen molar-refractivity contribution in [3.63, 3.8) is 0 Å². The molecule has 4 heterocycles. The number of fused-ring (bicyclic) bond motifs is 4. The number of aromatic amines is 4. The molecule has 0 spiro atoms. The van der Waals surface area contributed by atoms with Gasteiger partial charge in [-0.25, -0.2) is 19.2 Å². The summed E-state index contributed by atoms with van der Waals surface area (Å²) in [6, 6.07) is 52.8. The molecule has 0 aliphatic rings. The summed E-state index contributed by atoms with van der Waals surface area (Å²) >= 11 is 7.69. The third-order valence-electron chi connectivity index (χ3n) is 11.4. The predicted octanol–water partition coefficient (Wildman–Crippen LogP) is 17.4. The van der Waals surface area contributed by atoms with Crippen LogP contribution < -0.4 is 4.89 Å². The molecule has 7 N–H and O–H groups in total. The molecule has 16 nitrogen and oxygen atoms in total. The fraction of sp³-hybridized carbons (Fsp3) is 0.123. The van der Waals surface area contributed by atoms with Crippen LogP contribution in [0.1, 0.15) is 83.1 Å². The summed E-state index contributed by atoms with van der Waals surface area (Å²) in [4.78, 5) is 66.8. The molecule has 0 saturated heterocycles. The normalized spacial score (nSPS) is 9.79. The summed E-state index contributed by atoms with van der Waals surface area (Å²) in [6.45, 7) is 14.6. The van der Waals surface area contributed by atoms with Crippen molar-refractivity contribution in [3.05, 3.63) is 266 Å². The number of benzene rings is 7. The summed E-state index contributed by atoms with van der Waals surface area (Å²) in [7, 11) is -2.58. The van der Waals surface area contributed by atoms with E-state index in [0.717, 1.165) is 85.4 Å². The number of halogens is 6. The quantitative estimate of drug-likeness (QED) is 0.0168. The van der Waals surface area contributed by atoms with Gasteiger partial charge in [0.05, 0.1) is 22.3 Å². The number of esters is 2. The van der Waals surface area contributed by atoms with E-state index in [0.29, 0.717) is 22.3 Å². The monoisotopic (exact) mass is 1690 g/mol. The molecule has 1 atom stereocenters. The number of carboxylic acid groups (broad SMARTS) is 2. The number of carbonyl (C=O) groups is 4. The minimum absolute atomic E-state index is 0. The zero-order valence-electron chi connectivity index (χ0n) is 48.9. The number of H-pyrrole nitrogens is 4. The Labute approximate surface area is 577 Å². The Kier molecular flexibility index (Phi) is 40.7. The van der Waals surface area contributed by atoms with Gasteiger partial charge in [0.25, 0.3) is 0 Å². The van der Waals surface area contributed by atoms with Crippen molar-refractivity contribution in [2.45, 2.75) is 46.2 Å². The molecule has 11 rings (SSSR count). The van der Waals surface area contributed by atoms with Gasteiger partial charge >= 0.3 is 52.3 Å². The van der Waals surface area contributed by atoms with Crippen molar-refractivity contribution in [1.29, 1.82) is 0 Å². The Morgan fingerprint density at radius 3 is 1.08 bits per heavy atom. The van der Waals surface area contributed by atoms with Crippen LogP contribution in [0.25, 0.3) is 43.6 Å². The number of ether oxygens (including phenoxy) is 2. The first kappa shape index (κ1) is 80.6. The molecule has 0 fully saturated rings.